The van der Waals surface area contributed by atoms with Crippen LogP contribution in [0.5, 0.6) is 0 Å². The summed E-state index contributed by atoms with van der Waals surface area (Å²) in [5, 5.41) is 26.1. The molecule has 0 saturated heterocycles. The van der Waals surface area contributed by atoms with E-state index in [0.29, 0.717) is 18.7 Å². The lowest BCUT2D eigenvalue weighted by Crippen LogP contribution is -2.10. The van der Waals surface area contributed by atoms with E-state index in [0.717, 1.165) is 22.6 Å². The van der Waals surface area contributed by atoms with E-state index in [2.05, 4.69) is 16.5 Å². The third-order valence-corrected chi connectivity index (χ3v) is 3.69. The summed E-state index contributed by atoms with van der Waals surface area (Å²) < 4.78 is 1.76. The van der Waals surface area contributed by atoms with Crippen LogP contribution in [0.25, 0.3) is 11.3 Å². The van der Waals surface area contributed by atoms with Gasteiger partial charge in [-0.15, -0.1) is 0 Å². The first-order valence-corrected chi connectivity index (χ1v) is 7.77. The summed E-state index contributed by atoms with van der Waals surface area (Å²) in [5.74, 6) is 0.838. The highest BCUT2D eigenvalue weighted by Gasteiger charge is 2.09. The summed E-state index contributed by atoms with van der Waals surface area (Å²) in [6.45, 7) is 1.03. The molecule has 0 amide bonds. The third kappa shape index (κ3) is 3.62. The van der Waals surface area contributed by atoms with Gasteiger partial charge in [-0.2, -0.15) is 10.4 Å². The van der Waals surface area contributed by atoms with E-state index >= 15 is 0 Å². The molecule has 0 bridgehead atoms. The predicted octanol–water partition coefficient (Wildman–Crippen LogP) is 3.03. The number of nitriles is 1. The number of aliphatic hydroxyl groups excluding tert-OH is 1. The fourth-order valence-corrected chi connectivity index (χ4v) is 2.52. The van der Waals surface area contributed by atoms with Gasteiger partial charge in [-0.05, 0) is 17.7 Å². The van der Waals surface area contributed by atoms with Crippen LogP contribution >= 0.6 is 0 Å². The third-order valence-electron chi connectivity index (χ3n) is 3.69. The average Bonchev–Trinajstić information content (AvgIpc) is 3.04. The molecule has 120 valence electrons. The summed E-state index contributed by atoms with van der Waals surface area (Å²) in [7, 11) is 0. The number of hydrogen-bond acceptors (Lipinski definition) is 4. The van der Waals surface area contributed by atoms with Gasteiger partial charge in [0.05, 0.1) is 30.5 Å². The smallest absolute Gasteiger partial charge is 0.125 e. The summed E-state index contributed by atoms with van der Waals surface area (Å²) in [6, 6.07) is 21.5. The Balaban J connectivity index is 1.81. The van der Waals surface area contributed by atoms with Gasteiger partial charge in [-0.1, -0.05) is 42.5 Å². The van der Waals surface area contributed by atoms with E-state index in [1.54, 1.807) is 10.7 Å². The van der Waals surface area contributed by atoms with Crippen molar-refractivity contribution < 1.29 is 5.11 Å². The van der Waals surface area contributed by atoms with Crippen molar-refractivity contribution in [1.82, 2.24) is 9.78 Å². The fraction of sp³-hybridized carbons (Fsp3) is 0.158. The van der Waals surface area contributed by atoms with Crippen LogP contribution in [0.1, 0.15) is 11.1 Å². The molecule has 0 aliphatic heterocycles. The van der Waals surface area contributed by atoms with Gasteiger partial charge >= 0.3 is 0 Å². The number of nitrogens with one attached hydrogen (secondary N) is 1. The molecule has 0 fully saturated rings. The molecule has 0 unspecified atom stereocenters. The van der Waals surface area contributed by atoms with Gasteiger partial charge in [0.2, 0.25) is 0 Å². The van der Waals surface area contributed by atoms with Crippen LogP contribution in [0.4, 0.5) is 5.82 Å². The normalized spacial score (nSPS) is 10.3. The lowest BCUT2D eigenvalue weighted by Gasteiger charge is -2.08. The van der Waals surface area contributed by atoms with E-state index in [1.165, 1.54) is 0 Å². The number of hydrogen-bond donors (Lipinski definition) is 2. The van der Waals surface area contributed by atoms with E-state index in [-0.39, 0.29) is 6.61 Å². The van der Waals surface area contributed by atoms with Crippen LogP contribution in [-0.4, -0.2) is 21.5 Å². The van der Waals surface area contributed by atoms with Crippen molar-refractivity contribution in [2.24, 2.45) is 0 Å². The zero-order chi connectivity index (χ0) is 16.8. The van der Waals surface area contributed by atoms with E-state index in [4.69, 9.17) is 5.26 Å². The lowest BCUT2D eigenvalue weighted by atomic mass is 10.1. The molecule has 0 atom stereocenters. The molecule has 0 spiro atoms. The minimum absolute atomic E-state index is 0.0223. The van der Waals surface area contributed by atoms with Crippen molar-refractivity contribution in [2.75, 3.05) is 11.9 Å². The van der Waals surface area contributed by atoms with Crippen LogP contribution < -0.4 is 5.32 Å². The Bertz CT molecular complexity index is 849. The second kappa shape index (κ2) is 7.44. The van der Waals surface area contributed by atoms with Crippen LogP contribution in [0, 0.1) is 11.3 Å². The van der Waals surface area contributed by atoms with Gasteiger partial charge in [0.1, 0.15) is 5.82 Å². The van der Waals surface area contributed by atoms with Crippen LogP contribution in [0.2, 0.25) is 0 Å². The van der Waals surface area contributed by atoms with Crippen LogP contribution in [0.15, 0.2) is 60.7 Å². The van der Waals surface area contributed by atoms with E-state index < -0.39 is 0 Å². The van der Waals surface area contributed by atoms with Gasteiger partial charge in [0.15, 0.2) is 0 Å². The lowest BCUT2D eigenvalue weighted by molar-refractivity contribution is 0.270. The van der Waals surface area contributed by atoms with Crippen molar-refractivity contribution in [3.63, 3.8) is 0 Å². The van der Waals surface area contributed by atoms with Gasteiger partial charge in [0, 0.05) is 18.2 Å². The topological polar surface area (TPSA) is 73.9 Å². The SMILES string of the molecule is N#Cc1cccc(CNc2cc(-c3ccccc3)nn2CCO)c1. The Kier molecular flexibility index (Phi) is 4.90. The predicted molar refractivity (Wildman–Crippen MR) is 93.2 cm³/mol. The molecule has 0 aliphatic rings. The van der Waals surface area contributed by atoms with E-state index in [9.17, 15) is 5.11 Å². The first kappa shape index (κ1) is 15.8. The van der Waals surface area contributed by atoms with Gasteiger partial charge in [-0.25, -0.2) is 4.68 Å². The molecular formula is C19H18N4O. The fourth-order valence-electron chi connectivity index (χ4n) is 2.52. The summed E-state index contributed by atoms with van der Waals surface area (Å²) >= 11 is 0. The highest BCUT2D eigenvalue weighted by Crippen LogP contribution is 2.22. The molecule has 0 aliphatic carbocycles. The summed E-state index contributed by atoms with van der Waals surface area (Å²) in [5.41, 5.74) is 3.55. The molecule has 2 aromatic carbocycles. The minimum Gasteiger partial charge on any atom is -0.394 e. The molecule has 24 heavy (non-hydrogen) atoms. The standard InChI is InChI=1S/C19H18N4O/c20-13-15-5-4-6-16(11-15)14-21-19-12-18(22-23(19)9-10-24)17-7-2-1-3-8-17/h1-8,11-12,21,24H,9-10,14H2. The van der Waals surface area contributed by atoms with Gasteiger partial charge in [0.25, 0.3) is 0 Å². The van der Waals surface area contributed by atoms with Crippen molar-refractivity contribution in [3.8, 4) is 17.3 Å². The largest absolute Gasteiger partial charge is 0.394 e. The molecule has 1 aromatic heterocycles. The number of aliphatic hydroxyl groups is 1. The highest BCUT2D eigenvalue weighted by atomic mass is 16.3. The number of rotatable bonds is 6. The highest BCUT2D eigenvalue weighted by molar-refractivity contribution is 5.63. The maximum Gasteiger partial charge on any atom is 0.125 e. The van der Waals surface area contributed by atoms with Crippen molar-refractivity contribution >= 4 is 5.82 Å². The Morgan fingerprint density at radius 3 is 2.67 bits per heavy atom. The Labute approximate surface area is 140 Å². The molecule has 2 N–H and O–H groups in total. The van der Waals surface area contributed by atoms with Gasteiger partial charge < -0.3 is 10.4 Å². The van der Waals surface area contributed by atoms with Crippen LogP contribution in [-0.2, 0) is 13.1 Å². The van der Waals surface area contributed by atoms with Crippen molar-refractivity contribution in [2.45, 2.75) is 13.1 Å². The number of anilines is 1. The Morgan fingerprint density at radius 2 is 1.92 bits per heavy atom. The molecule has 5 heteroatoms. The maximum absolute atomic E-state index is 9.25. The molecule has 1 heterocycles. The quantitative estimate of drug-likeness (QED) is 0.732. The number of aromatic nitrogens is 2. The molecule has 0 saturated carbocycles. The summed E-state index contributed by atoms with van der Waals surface area (Å²) in [4.78, 5) is 0. The van der Waals surface area contributed by atoms with Crippen molar-refractivity contribution in [1.29, 1.82) is 5.26 Å². The second-order valence-corrected chi connectivity index (χ2v) is 5.39. The average molecular weight is 318 g/mol. The molecule has 3 aromatic rings. The zero-order valence-electron chi connectivity index (χ0n) is 13.2. The monoisotopic (exact) mass is 318 g/mol. The summed E-state index contributed by atoms with van der Waals surface area (Å²) in [6.07, 6.45) is 0. The zero-order valence-corrected chi connectivity index (χ0v) is 13.2. The molecule has 3 rings (SSSR count). The van der Waals surface area contributed by atoms with Crippen molar-refractivity contribution in [3.05, 3.63) is 71.8 Å². The Hall–Kier alpha value is -3.10. The minimum atomic E-state index is 0.0223. The molecular weight excluding hydrogens is 300 g/mol. The van der Waals surface area contributed by atoms with Crippen LogP contribution in [0.3, 0.4) is 0 Å². The van der Waals surface area contributed by atoms with Gasteiger partial charge in [-0.3, -0.25) is 0 Å². The number of benzene rings is 2. The van der Waals surface area contributed by atoms with E-state index in [1.807, 2.05) is 54.6 Å². The number of nitrogens with zero attached hydrogens (tertiary/aromatic N) is 3. The maximum atomic E-state index is 9.25. The second-order valence-electron chi connectivity index (χ2n) is 5.39. The Morgan fingerprint density at radius 1 is 1.08 bits per heavy atom. The first-order chi connectivity index (χ1) is 11.8. The first-order valence-electron chi connectivity index (χ1n) is 7.77. The molecule has 5 nitrogen and oxygen atoms in total. The molecule has 0 radical (unpaired) electrons.